The summed E-state index contributed by atoms with van der Waals surface area (Å²) in [6.07, 6.45) is 0.513. The zero-order chi connectivity index (χ0) is 15.6. The second kappa shape index (κ2) is 6.07. The van der Waals surface area contributed by atoms with Crippen molar-refractivity contribution in [3.8, 4) is 0 Å². The Labute approximate surface area is 128 Å². The molecule has 1 aromatic heterocycles. The van der Waals surface area contributed by atoms with E-state index in [2.05, 4.69) is 21.4 Å². The molecule has 2 atom stereocenters. The van der Waals surface area contributed by atoms with Gasteiger partial charge in [-0.15, -0.1) is 0 Å². The highest BCUT2D eigenvalue weighted by Gasteiger charge is 2.33. The molecule has 1 aromatic carbocycles. The first-order chi connectivity index (χ1) is 9.84. The summed E-state index contributed by atoms with van der Waals surface area (Å²) in [5, 5.41) is 13.1. The monoisotopic (exact) mass is 307 g/mol. The summed E-state index contributed by atoms with van der Waals surface area (Å²) in [7, 11) is 1.68. The highest BCUT2D eigenvalue weighted by Crippen LogP contribution is 2.28. The maximum absolute atomic E-state index is 11.3. The maximum atomic E-state index is 11.3. The van der Waals surface area contributed by atoms with E-state index >= 15 is 0 Å². The summed E-state index contributed by atoms with van der Waals surface area (Å²) in [6.45, 7) is 5.76. The molecule has 2 aromatic rings. The van der Waals surface area contributed by atoms with Crippen LogP contribution >= 0.6 is 11.8 Å². The Morgan fingerprint density at radius 1 is 1.57 bits per heavy atom. The van der Waals surface area contributed by atoms with Gasteiger partial charge in [-0.25, -0.2) is 4.98 Å². The number of aryl methyl sites for hydroxylation is 1. The Bertz CT molecular complexity index is 655. The molecule has 2 rings (SSSR count). The quantitative estimate of drug-likeness (QED) is 0.715. The van der Waals surface area contributed by atoms with Crippen molar-refractivity contribution in [2.75, 3.05) is 7.05 Å². The summed E-state index contributed by atoms with van der Waals surface area (Å²) < 4.78 is 0. The fourth-order valence-corrected chi connectivity index (χ4v) is 3.38. The number of carbonyl (C=O) groups is 1. The standard InChI is InChI=1S/C15H21N3O2S/c1-9-5-6-11-12(7-9)18-14(17-11)21-10(2)8-15(3,16-4)13(19)20/h5-7,10,16H,8H2,1-4H3,(H,17,18)(H,19,20). The molecule has 114 valence electrons. The number of aliphatic carboxylic acids is 1. The molecule has 0 aliphatic carbocycles. The van der Waals surface area contributed by atoms with Gasteiger partial charge >= 0.3 is 5.97 Å². The molecule has 0 radical (unpaired) electrons. The molecule has 0 amide bonds. The molecule has 6 heteroatoms. The maximum Gasteiger partial charge on any atom is 0.323 e. The van der Waals surface area contributed by atoms with Crippen molar-refractivity contribution in [2.24, 2.45) is 0 Å². The molecule has 0 bridgehead atoms. The lowest BCUT2D eigenvalue weighted by molar-refractivity contribution is -0.144. The summed E-state index contributed by atoms with van der Waals surface area (Å²) in [5.74, 6) is -0.835. The van der Waals surface area contributed by atoms with Crippen molar-refractivity contribution in [2.45, 2.75) is 43.1 Å². The number of benzene rings is 1. The normalized spacial score (nSPS) is 15.8. The van der Waals surface area contributed by atoms with Gasteiger partial charge in [0.15, 0.2) is 5.16 Å². The third kappa shape index (κ3) is 3.57. The number of thioether (sulfide) groups is 1. The predicted octanol–water partition coefficient (Wildman–Crippen LogP) is 2.80. The molecule has 1 heterocycles. The molecule has 0 aliphatic rings. The Balaban J connectivity index is 2.10. The number of aromatic nitrogens is 2. The molecule has 5 nitrogen and oxygen atoms in total. The van der Waals surface area contributed by atoms with Crippen molar-refractivity contribution >= 4 is 28.8 Å². The van der Waals surface area contributed by atoms with Crippen LogP contribution in [0.2, 0.25) is 0 Å². The minimum absolute atomic E-state index is 0.125. The molecule has 3 N–H and O–H groups in total. The number of fused-ring (bicyclic) bond motifs is 1. The molecule has 21 heavy (non-hydrogen) atoms. The van der Waals surface area contributed by atoms with Gasteiger partial charge in [0.1, 0.15) is 5.54 Å². The zero-order valence-corrected chi connectivity index (χ0v) is 13.5. The average molecular weight is 307 g/mol. The summed E-state index contributed by atoms with van der Waals surface area (Å²) in [6, 6.07) is 6.08. The summed E-state index contributed by atoms with van der Waals surface area (Å²) in [4.78, 5) is 19.1. The Morgan fingerprint density at radius 3 is 2.90 bits per heavy atom. The van der Waals surface area contributed by atoms with Crippen molar-refractivity contribution in [1.29, 1.82) is 0 Å². The third-order valence-electron chi connectivity index (χ3n) is 3.65. The Hall–Kier alpha value is -1.53. The van der Waals surface area contributed by atoms with Gasteiger partial charge in [0.2, 0.25) is 0 Å². The number of H-pyrrole nitrogens is 1. The lowest BCUT2D eigenvalue weighted by atomic mass is 9.97. The predicted molar refractivity (Wildman–Crippen MR) is 85.9 cm³/mol. The van der Waals surface area contributed by atoms with E-state index in [1.807, 2.05) is 26.0 Å². The van der Waals surface area contributed by atoms with Crippen LogP contribution < -0.4 is 5.32 Å². The van der Waals surface area contributed by atoms with Crippen molar-refractivity contribution < 1.29 is 9.90 Å². The van der Waals surface area contributed by atoms with Gasteiger partial charge in [-0.3, -0.25) is 4.79 Å². The van der Waals surface area contributed by atoms with E-state index in [0.29, 0.717) is 6.42 Å². The van der Waals surface area contributed by atoms with Gasteiger partial charge in [0.05, 0.1) is 11.0 Å². The number of rotatable bonds is 6. The molecular formula is C15H21N3O2S. The lowest BCUT2D eigenvalue weighted by Crippen LogP contribution is -2.49. The van der Waals surface area contributed by atoms with Crippen LogP contribution in [-0.4, -0.2) is 38.9 Å². The van der Waals surface area contributed by atoms with Crippen LogP contribution in [0, 0.1) is 6.92 Å². The summed E-state index contributed by atoms with van der Waals surface area (Å²) >= 11 is 1.56. The minimum Gasteiger partial charge on any atom is -0.480 e. The van der Waals surface area contributed by atoms with Gasteiger partial charge < -0.3 is 15.4 Å². The molecule has 0 spiro atoms. The molecule has 0 saturated heterocycles. The number of aromatic amines is 1. The number of imidazole rings is 1. The van der Waals surface area contributed by atoms with Crippen LogP contribution in [0.25, 0.3) is 11.0 Å². The molecule has 0 saturated carbocycles. The van der Waals surface area contributed by atoms with Gasteiger partial charge in [0.25, 0.3) is 0 Å². The molecular weight excluding hydrogens is 286 g/mol. The molecule has 2 unspecified atom stereocenters. The zero-order valence-electron chi connectivity index (χ0n) is 12.7. The van der Waals surface area contributed by atoms with Crippen LogP contribution in [0.1, 0.15) is 25.8 Å². The average Bonchev–Trinajstić information content (AvgIpc) is 2.79. The van der Waals surface area contributed by atoms with Crippen LogP contribution in [0.3, 0.4) is 0 Å². The van der Waals surface area contributed by atoms with Gasteiger partial charge in [-0.1, -0.05) is 24.8 Å². The van der Waals surface area contributed by atoms with Crippen LogP contribution in [0.5, 0.6) is 0 Å². The number of likely N-dealkylation sites (N-methyl/N-ethyl adjacent to an activating group) is 1. The minimum atomic E-state index is -0.922. The summed E-state index contributed by atoms with van der Waals surface area (Å²) in [5.41, 5.74) is 2.21. The number of nitrogens with one attached hydrogen (secondary N) is 2. The lowest BCUT2D eigenvalue weighted by Gasteiger charge is -2.26. The smallest absolute Gasteiger partial charge is 0.323 e. The van der Waals surface area contributed by atoms with E-state index in [1.165, 1.54) is 5.56 Å². The first-order valence-electron chi connectivity index (χ1n) is 6.89. The first kappa shape index (κ1) is 15.9. The topological polar surface area (TPSA) is 78.0 Å². The van der Waals surface area contributed by atoms with E-state index in [1.54, 1.807) is 25.7 Å². The number of nitrogens with zero attached hydrogens (tertiary/aromatic N) is 1. The van der Waals surface area contributed by atoms with Gasteiger partial charge in [0, 0.05) is 5.25 Å². The molecule has 0 fully saturated rings. The van der Waals surface area contributed by atoms with Crippen LogP contribution in [0.4, 0.5) is 0 Å². The molecule has 0 aliphatic heterocycles. The van der Waals surface area contributed by atoms with Gasteiger partial charge in [-0.2, -0.15) is 0 Å². The largest absolute Gasteiger partial charge is 0.480 e. The van der Waals surface area contributed by atoms with Crippen molar-refractivity contribution in [3.05, 3.63) is 23.8 Å². The van der Waals surface area contributed by atoms with Crippen LogP contribution in [0.15, 0.2) is 23.4 Å². The van der Waals surface area contributed by atoms with E-state index in [4.69, 9.17) is 0 Å². The highest BCUT2D eigenvalue weighted by molar-refractivity contribution is 7.99. The number of hydrogen-bond donors (Lipinski definition) is 3. The Kier molecular flexibility index (Phi) is 4.58. The van der Waals surface area contributed by atoms with Gasteiger partial charge in [-0.05, 0) is 45.0 Å². The number of carboxylic acid groups (broad SMARTS) is 1. The second-order valence-electron chi connectivity index (χ2n) is 5.58. The van der Waals surface area contributed by atoms with Crippen LogP contribution in [-0.2, 0) is 4.79 Å². The fraction of sp³-hybridized carbons (Fsp3) is 0.467. The second-order valence-corrected chi connectivity index (χ2v) is 7.01. The Morgan fingerprint density at radius 2 is 2.29 bits per heavy atom. The van der Waals surface area contributed by atoms with E-state index in [0.717, 1.165) is 16.2 Å². The van der Waals surface area contributed by atoms with Crippen molar-refractivity contribution in [1.82, 2.24) is 15.3 Å². The SMILES string of the molecule is CNC(C)(CC(C)Sc1nc2ccc(C)cc2[nH]1)C(=O)O. The van der Waals surface area contributed by atoms with E-state index < -0.39 is 11.5 Å². The highest BCUT2D eigenvalue weighted by atomic mass is 32.2. The number of hydrogen-bond acceptors (Lipinski definition) is 4. The fourth-order valence-electron chi connectivity index (χ4n) is 2.26. The number of carboxylic acids is 1. The van der Waals surface area contributed by atoms with E-state index in [9.17, 15) is 9.90 Å². The van der Waals surface area contributed by atoms with Crippen molar-refractivity contribution in [3.63, 3.8) is 0 Å². The third-order valence-corrected chi connectivity index (χ3v) is 4.63. The first-order valence-corrected chi connectivity index (χ1v) is 7.77. The van der Waals surface area contributed by atoms with E-state index in [-0.39, 0.29) is 5.25 Å².